The van der Waals surface area contributed by atoms with Crippen LogP contribution in [-0.4, -0.2) is 21.4 Å². The lowest BCUT2D eigenvalue weighted by atomic mass is 10.1. The van der Waals surface area contributed by atoms with E-state index in [4.69, 9.17) is 21.4 Å². The van der Waals surface area contributed by atoms with Gasteiger partial charge in [0, 0.05) is 23.0 Å². The average molecular weight is 418 g/mol. The first-order chi connectivity index (χ1) is 14.7. The topological polar surface area (TPSA) is 39.9 Å². The zero-order valence-corrected chi connectivity index (χ0v) is 16.7. The Morgan fingerprint density at radius 3 is 2.47 bits per heavy atom. The number of nitrogens with zero attached hydrogens (tertiary/aromatic N) is 3. The summed E-state index contributed by atoms with van der Waals surface area (Å²) in [6.07, 6.45) is 2.44. The Morgan fingerprint density at radius 1 is 0.900 bits per heavy atom. The van der Waals surface area contributed by atoms with Crippen LogP contribution in [0.4, 0.5) is 4.39 Å². The molecule has 0 bridgehead atoms. The molecule has 0 amide bonds. The molecule has 0 saturated heterocycles. The predicted octanol–water partition coefficient (Wildman–Crippen LogP) is 5.99. The van der Waals surface area contributed by atoms with Gasteiger partial charge in [-0.1, -0.05) is 41.9 Å². The first kappa shape index (κ1) is 18.6. The van der Waals surface area contributed by atoms with Gasteiger partial charge in [0.05, 0.1) is 23.2 Å². The van der Waals surface area contributed by atoms with Crippen LogP contribution < -0.4 is 4.74 Å². The summed E-state index contributed by atoms with van der Waals surface area (Å²) in [7, 11) is 0. The van der Waals surface area contributed by atoms with Crippen molar-refractivity contribution in [2.24, 2.45) is 0 Å². The molecule has 0 aliphatic rings. The molecule has 0 aliphatic heterocycles. The fourth-order valence-electron chi connectivity index (χ4n) is 3.46. The molecular weight excluding hydrogens is 401 g/mol. The number of aromatic nitrogens is 3. The minimum absolute atomic E-state index is 0.246. The zero-order valence-electron chi connectivity index (χ0n) is 15.9. The first-order valence-electron chi connectivity index (χ1n) is 9.59. The molecule has 2 heterocycles. The van der Waals surface area contributed by atoms with Crippen LogP contribution in [0.25, 0.3) is 27.5 Å². The number of rotatable bonds is 5. The van der Waals surface area contributed by atoms with Crippen molar-refractivity contribution in [2.45, 2.75) is 6.42 Å². The lowest BCUT2D eigenvalue weighted by molar-refractivity contribution is 0.303. The SMILES string of the molecule is Fc1ccc(CCOc2c3cnc4ccccc4c3nn2-c2ccc(Cl)cc2)cc1. The first-order valence-corrected chi connectivity index (χ1v) is 9.96. The highest BCUT2D eigenvalue weighted by Gasteiger charge is 2.17. The van der Waals surface area contributed by atoms with Gasteiger partial charge < -0.3 is 4.74 Å². The summed E-state index contributed by atoms with van der Waals surface area (Å²) in [5, 5.41) is 7.29. The third-order valence-electron chi connectivity index (χ3n) is 4.98. The minimum atomic E-state index is -0.246. The molecule has 0 saturated carbocycles. The van der Waals surface area contributed by atoms with E-state index in [1.54, 1.807) is 23.0 Å². The van der Waals surface area contributed by atoms with Crippen LogP contribution in [0, 0.1) is 5.82 Å². The third-order valence-corrected chi connectivity index (χ3v) is 5.24. The number of benzene rings is 3. The fourth-order valence-corrected chi connectivity index (χ4v) is 3.59. The molecule has 0 aliphatic carbocycles. The predicted molar refractivity (Wildman–Crippen MR) is 117 cm³/mol. The fraction of sp³-hybridized carbons (Fsp3) is 0.0833. The molecule has 0 fully saturated rings. The summed E-state index contributed by atoms with van der Waals surface area (Å²) in [5.41, 5.74) is 3.55. The molecule has 0 N–H and O–H groups in total. The van der Waals surface area contributed by atoms with Crippen molar-refractivity contribution in [1.29, 1.82) is 0 Å². The van der Waals surface area contributed by atoms with E-state index in [2.05, 4.69) is 4.98 Å². The van der Waals surface area contributed by atoms with Gasteiger partial charge >= 0.3 is 0 Å². The quantitative estimate of drug-likeness (QED) is 0.352. The van der Waals surface area contributed by atoms with Gasteiger partial charge in [-0.3, -0.25) is 4.98 Å². The highest BCUT2D eigenvalue weighted by molar-refractivity contribution is 6.30. The number of fused-ring (bicyclic) bond motifs is 3. The van der Waals surface area contributed by atoms with E-state index >= 15 is 0 Å². The Kier molecular flexibility index (Phi) is 4.81. The molecule has 4 nitrogen and oxygen atoms in total. The van der Waals surface area contributed by atoms with Gasteiger partial charge in [0.1, 0.15) is 11.3 Å². The zero-order chi connectivity index (χ0) is 20.5. The maximum absolute atomic E-state index is 13.1. The van der Waals surface area contributed by atoms with Crippen molar-refractivity contribution < 1.29 is 9.13 Å². The highest BCUT2D eigenvalue weighted by Crippen LogP contribution is 2.32. The van der Waals surface area contributed by atoms with Crippen LogP contribution >= 0.6 is 11.6 Å². The van der Waals surface area contributed by atoms with Gasteiger partial charge in [-0.15, -0.1) is 0 Å². The van der Waals surface area contributed by atoms with E-state index in [0.29, 0.717) is 23.9 Å². The number of ether oxygens (including phenoxy) is 1. The summed E-state index contributed by atoms with van der Waals surface area (Å²) in [6, 6.07) is 21.8. The van der Waals surface area contributed by atoms with E-state index in [0.717, 1.165) is 33.1 Å². The van der Waals surface area contributed by atoms with Crippen LogP contribution in [0.3, 0.4) is 0 Å². The number of hydrogen-bond acceptors (Lipinski definition) is 3. The summed E-state index contributed by atoms with van der Waals surface area (Å²) in [6.45, 7) is 0.423. The van der Waals surface area contributed by atoms with Gasteiger partial charge in [-0.05, 0) is 48.0 Å². The van der Waals surface area contributed by atoms with Crippen molar-refractivity contribution in [3.63, 3.8) is 0 Å². The van der Waals surface area contributed by atoms with Crippen LogP contribution in [0.2, 0.25) is 5.02 Å². The van der Waals surface area contributed by atoms with Crippen LogP contribution in [-0.2, 0) is 6.42 Å². The number of hydrogen-bond donors (Lipinski definition) is 0. The molecule has 5 rings (SSSR count). The summed E-state index contributed by atoms with van der Waals surface area (Å²) >= 11 is 6.06. The average Bonchev–Trinajstić information content (AvgIpc) is 3.15. The summed E-state index contributed by atoms with van der Waals surface area (Å²) < 4.78 is 21.1. The van der Waals surface area contributed by atoms with Crippen molar-refractivity contribution in [3.05, 3.63) is 95.4 Å². The summed E-state index contributed by atoms with van der Waals surface area (Å²) in [4.78, 5) is 4.57. The molecule has 148 valence electrons. The Bertz CT molecular complexity index is 1330. The van der Waals surface area contributed by atoms with E-state index in [1.807, 2.05) is 48.5 Å². The minimum Gasteiger partial charge on any atom is -0.477 e. The monoisotopic (exact) mass is 417 g/mol. The van der Waals surface area contributed by atoms with Gasteiger partial charge in [0.25, 0.3) is 0 Å². The van der Waals surface area contributed by atoms with Gasteiger partial charge in [-0.2, -0.15) is 9.78 Å². The smallest absolute Gasteiger partial charge is 0.226 e. The second kappa shape index (κ2) is 7.76. The second-order valence-corrected chi connectivity index (χ2v) is 7.39. The molecular formula is C24H17ClFN3O. The number of para-hydroxylation sites is 1. The van der Waals surface area contributed by atoms with Crippen LogP contribution in [0.1, 0.15) is 5.56 Å². The maximum atomic E-state index is 13.1. The lowest BCUT2D eigenvalue weighted by Crippen LogP contribution is -2.06. The van der Waals surface area contributed by atoms with E-state index < -0.39 is 0 Å². The standard InChI is InChI=1S/C24H17ClFN3O/c25-17-7-11-19(12-8-17)29-24(30-14-13-16-5-9-18(26)10-6-16)21-15-27-22-4-2-1-3-20(22)23(21)28-29/h1-12,15H,13-14H2. The van der Waals surface area contributed by atoms with Crippen LogP contribution in [0.5, 0.6) is 5.88 Å². The van der Waals surface area contributed by atoms with Gasteiger partial charge in [0.15, 0.2) is 0 Å². The Balaban J connectivity index is 1.56. The van der Waals surface area contributed by atoms with E-state index in [1.165, 1.54) is 12.1 Å². The molecule has 0 unspecified atom stereocenters. The Hall–Kier alpha value is -3.44. The van der Waals surface area contributed by atoms with Crippen LogP contribution in [0.15, 0.2) is 79.0 Å². The van der Waals surface area contributed by atoms with Crippen molar-refractivity contribution in [2.75, 3.05) is 6.61 Å². The van der Waals surface area contributed by atoms with Crippen molar-refractivity contribution in [1.82, 2.24) is 14.8 Å². The summed E-state index contributed by atoms with van der Waals surface area (Å²) in [5.74, 6) is 0.372. The third kappa shape index (κ3) is 3.48. The molecule has 0 spiro atoms. The molecule has 5 aromatic rings. The lowest BCUT2D eigenvalue weighted by Gasteiger charge is -2.10. The largest absolute Gasteiger partial charge is 0.477 e. The molecule has 0 radical (unpaired) electrons. The van der Waals surface area contributed by atoms with E-state index in [-0.39, 0.29) is 5.82 Å². The molecule has 2 aromatic heterocycles. The Labute approximate surface area is 177 Å². The molecule has 3 aromatic carbocycles. The maximum Gasteiger partial charge on any atom is 0.226 e. The van der Waals surface area contributed by atoms with Crippen molar-refractivity contribution in [3.8, 4) is 11.6 Å². The Morgan fingerprint density at radius 2 is 1.67 bits per heavy atom. The van der Waals surface area contributed by atoms with Gasteiger partial charge in [0.2, 0.25) is 5.88 Å². The number of pyridine rings is 1. The molecule has 6 heteroatoms. The van der Waals surface area contributed by atoms with Crippen molar-refractivity contribution >= 4 is 33.4 Å². The molecule has 0 atom stereocenters. The second-order valence-electron chi connectivity index (χ2n) is 6.96. The highest BCUT2D eigenvalue weighted by atomic mass is 35.5. The van der Waals surface area contributed by atoms with E-state index in [9.17, 15) is 4.39 Å². The number of halogens is 2. The van der Waals surface area contributed by atoms with Gasteiger partial charge in [-0.25, -0.2) is 4.39 Å². The molecule has 30 heavy (non-hydrogen) atoms. The normalized spacial score (nSPS) is 11.3.